The molecule has 3 nitrogen and oxygen atoms in total. The van der Waals surface area contributed by atoms with Crippen molar-refractivity contribution in [2.75, 3.05) is 13.2 Å². The van der Waals surface area contributed by atoms with Crippen LogP contribution in [0.4, 0.5) is 13.2 Å². The Kier molecular flexibility index (Phi) is 5.20. The molecule has 0 unspecified atom stereocenters. The van der Waals surface area contributed by atoms with Gasteiger partial charge in [-0.1, -0.05) is 18.3 Å². The third-order valence-electron chi connectivity index (χ3n) is 2.08. The van der Waals surface area contributed by atoms with Gasteiger partial charge >= 0.3 is 6.18 Å². The summed E-state index contributed by atoms with van der Waals surface area (Å²) in [7, 11) is 0. The van der Waals surface area contributed by atoms with Gasteiger partial charge in [0.05, 0.1) is 18.7 Å². The van der Waals surface area contributed by atoms with Gasteiger partial charge < -0.3 is 10.5 Å². The molecular formula is C10H15F3N2OS. The van der Waals surface area contributed by atoms with E-state index in [0.29, 0.717) is 18.2 Å². The maximum Gasteiger partial charge on any atom is 0.392 e. The molecule has 0 saturated carbocycles. The predicted molar refractivity (Wildman–Crippen MR) is 60.4 cm³/mol. The molecule has 17 heavy (non-hydrogen) atoms. The van der Waals surface area contributed by atoms with Crippen molar-refractivity contribution >= 4 is 11.3 Å². The minimum Gasteiger partial charge on any atom is -0.470 e. The summed E-state index contributed by atoms with van der Waals surface area (Å²) in [6, 6.07) is 0. The fourth-order valence-electron chi connectivity index (χ4n) is 1.28. The number of aryl methyl sites for hydroxylation is 1. The zero-order valence-electron chi connectivity index (χ0n) is 9.51. The Morgan fingerprint density at radius 2 is 2.12 bits per heavy atom. The van der Waals surface area contributed by atoms with Gasteiger partial charge in [0.25, 0.3) is 5.19 Å². The summed E-state index contributed by atoms with van der Waals surface area (Å²) in [6.07, 6.45) is -3.73. The second-order valence-corrected chi connectivity index (χ2v) is 4.50. The average molecular weight is 268 g/mol. The van der Waals surface area contributed by atoms with Crippen molar-refractivity contribution in [2.24, 2.45) is 5.73 Å². The van der Waals surface area contributed by atoms with E-state index in [1.165, 1.54) is 11.3 Å². The molecule has 0 aliphatic rings. The normalized spacial score (nSPS) is 11.8. The van der Waals surface area contributed by atoms with Crippen molar-refractivity contribution in [1.82, 2.24) is 4.98 Å². The number of thiazole rings is 1. The van der Waals surface area contributed by atoms with Gasteiger partial charge in [0.15, 0.2) is 0 Å². The molecule has 0 aliphatic carbocycles. The lowest BCUT2D eigenvalue weighted by Gasteiger charge is -2.05. The Labute approximate surface area is 102 Å². The lowest BCUT2D eigenvalue weighted by atomic mass is 10.2. The third kappa shape index (κ3) is 4.91. The van der Waals surface area contributed by atoms with E-state index in [0.717, 1.165) is 17.0 Å². The van der Waals surface area contributed by atoms with Crippen LogP contribution in [0.15, 0.2) is 0 Å². The number of hydrogen-bond acceptors (Lipinski definition) is 4. The van der Waals surface area contributed by atoms with Crippen molar-refractivity contribution in [3.05, 3.63) is 10.6 Å². The summed E-state index contributed by atoms with van der Waals surface area (Å²) in [5, 5.41) is 0.301. The number of halogens is 3. The van der Waals surface area contributed by atoms with E-state index in [1.807, 2.05) is 6.92 Å². The first kappa shape index (κ1) is 14.2. The molecule has 1 rings (SSSR count). The molecule has 0 fully saturated rings. The van der Waals surface area contributed by atoms with Crippen LogP contribution in [0.25, 0.3) is 0 Å². The summed E-state index contributed by atoms with van der Waals surface area (Å²) in [5.41, 5.74) is 6.30. The van der Waals surface area contributed by atoms with E-state index in [-0.39, 0.29) is 6.61 Å². The summed E-state index contributed by atoms with van der Waals surface area (Å²) in [4.78, 5) is 5.14. The van der Waals surface area contributed by atoms with Crippen LogP contribution in [0.3, 0.4) is 0 Å². The molecule has 0 bridgehead atoms. The number of hydrogen-bond donors (Lipinski definition) is 1. The maximum absolute atomic E-state index is 11.9. The van der Waals surface area contributed by atoms with Crippen molar-refractivity contribution in [2.45, 2.75) is 32.4 Å². The lowest BCUT2D eigenvalue weighted by Crippen LogP contribution is -2.12. The van der Waals surface area contributed by atoms with Crippen molar-refractivity contribution in [1.29, 1.82) is 0 Å². The number of alkyl halides is 3. The van der Waals surface area contributed by atoms with Gasteiger partial charge in [-0.3, -0.25) is 0 Å². The summed E-state index contributed by atoms with van der Waals surface area (Å²) < 4.78 is 40.7. The Bertz CT molecular complexity index is 352. The van der Waals surface area contributed by atoms with Gasteiger partial charge in [0.2, 0.25) is 0 Å². The van der Waals surface area contributed by atoms with Gasteiger partial charge in [-0.25, -0.2) is 4.98 Å². The topological polar surface area (TPSA) is 48.1 Å². The van der Waals surface area contributed by atoms with Crippen LogP contribution in [0.1, 0.15) is 23.9 Å². The van der Waals surface area contributed by atoms with Crippen molar-refractivity contribution < 1.29 is 17.9 Å². The molecule has 0 aromatic carbocycles. The third-order valence-corrected chi connectivity index (χ3v) is 3.15. The Hall–Kier alpha value is -0.820. The van der Waals surface area contributed by atoms with E-state index in [2.05, 4.69) is 4.98 Å². The fourth-order valence-corrected chi connectivity index (χ4v) is 2.31. The van der Waals surface area contributed by atoms with Crippen molar-refractivity contribution in [3.63, 3.8) is 0 Å². The Balaban J connectivity index is 2.54. The van der Waals surface area contributed by atoms with Crippen LogP contribution >= 0.6 is 11.3 Å². The number of nitrogens with two attached hydrogens (primary N) is 1. The van der Waals surface area contributed by atoms with Crippen LogP contribution in [0.2, 0.25) is 0 Å². The predicted octanol–water partition coefficient (Wildman–Crippen LogP) is 2.54. The van der Waals surface area contributed by atoms with E-state index >= 15 is 0 Å². The fraction of sp³-hybridized carbons (Fsp3) is 0.700. The zero-order chi connectivity index (χ0) is 12.9. The Morgan fingerprint density at radius 1 is 1.41 bits per heavy atom. The highest BCUT2D eigenvalue weighted by Crippen LogP contribution is 2.27. The molecule has 1 heterocycles. The quantitative estimate of drug-likeness (QED) is 0.862. The first-order chi connectivity index (χ1) is 7.96. The number of aromatic nitrogens is 1. The van der Waals surface area contributed by atoms with Crippen LogP contribution in [-0.2, 0) is 12.8 Å². The average Bonchev–Trinajstić information content (AvgIpc) is 2.59. The minimum absolute atomic E-state index is 0.301. The summed E-state index contributed by atoms with van der Waals surface area (Å²) in [5.74, 6) is 0. The maximum atomic E-state index is 11.9. The van der Waals surface area contributed by atoms with E-state index < -0.39 is 12.6 Å². The standard InChI is InChI=1S/C10H15F3N2OS/c1-2-7-8(3-5-14)17-9(15-7)16-6-4-10(11,12)13/h2-6,14H2,1H3. The van der Waals surface area contributed by atoms with E-state index in [9.17, 15) is 13.2 Å². The summed E-state index contributed by atoms with van der Waals surface area (Å²) >= 11 is 1.28. The largest absolute Gasteiger partial charge is 0.470 e. The van der Waals surface area contributed by atoms with Crippen LogP contribution < -0.4 is 10.5 Å². The number of nitrogens with zero attached hydrogens (tertiary/aromatic N) is 1. The molecule has 1 aromatic heterocycles. The highest BCUT2D eigenvalue weighted by Gasteiger charge is 2.27. The first-order valence-electron chi connectivity index (χ1n) is 5.34. The first-order valence-corrected chi connectivity index (χ1v) is 6.16. The molecule has 2 N–H and O–H groups in total. The second kappa shape index (κ2) is 6.20. The van der Waals surface area contributed by atoms with Crippen LogP contribution in [-0.4, -0.2) is 24.3 Å². The summed E-state index contributed by atoms with van der Waals surface area (Å²) in [6.45, 7) is 2.05. The molecule has 0 atom stereocenters. The van der Waals surface area contributed by atoms with Crippen molar-refractivity contribution in [3.8, 4) is 5.19 Å². The van der Waals surface area contributed by atoms with Gasteiger partial charge in [-0.05, 0) is 19.4 Å². The second-order valence-electron chi connectivity index (χ2n) is 3.46. The number of rotatable bonds is 6. The van der Waals surface area contributed by atoms with E-state index in [1.54, 1.807) is 0 Å². The number of ether oxygens (including phenoxy) is 1. The molecule has 0 spiro atoms. The molecular weight excluding hydrogens is 253 g/mol. The van der Waals surface area contributed by atoms with Gasteiger partial charge in [-0.15, -0.1) is 0 Å². The zero-order valence-corrected chi connectivity index (χ0v) is 10.3. The molecule has 1 aromatic rings. The van der Waals surface area contributed by atoms with Crippen LogP contribution in [0, 0.1) is 0 Å². The van der Waals surface area contributed by atoms with Gasteiger partial charge in [0.1, 0.15) is 0 Å². The minimum atomic E-state index is -4.19. The Morgan fingerprint density at radius 3 is 2.65 bits per heavy atom. The van der Waals surface area contributed by atoms with Gasteiger partial charge in [0, 0.05) is 4.88 Å². The lowest BCUT2D eigenvalue weighted by molar-refractivity contribution is -0.139. The highest BCUT2D eigenvalue weighted by atomic mass is 32.1. The molecule has 0 aliphatic heterocycles. The molecule has 98 valence electrons. The SMILES string of the molecule is CCc1nc(OCCC(F)(F)F)sc1CCN. The molecule has 0 saturated heterocycles. The van der Waals surface area contributed by atoms with Gasteiger partial charge in [-0.2, -0.15) is 13.2 Å². The van der Waals surface area contributed by atoms with Crippen LogP contribution in [0.5, 0.6) is 5.19 Å². The highest BCUT2D eigenvalue weighted by molar-refractivity contribution is 7.13. The van der Waals surface area contributed by atoms with E-state index in [4.69, 9.17) is 10.5 Å². The smallest absolute Gasteiger partial charge is 0.392 e. The molecule has 0 amide bonds. The monoisotopic (exact) mass is 268 g/mol. The molecule has 0 radical (unpaired) electrons. The molecule has 7 heteroatoms.